The number of thiazole rings is 1. The van der Waals surface area contributed by atoms with E-state index < -0.39 is 10.0 Å². The highest BCUT2D eigenvalue weighted by Gasteiger charge is 2.21. The van der Waals surface area contributed by atoms with Gasteiger partial charge in [0.2, 0.25) is 10.0 Å². The summed E-state index contributed by atoms with van der Waals surface area (Å²) in [6, 6.07) is 0. The molecule has 0 saturated carbocycles. The van der Waals surface area contributed by atoms with Gasteiger partial charge in [-0.25, -0.2) is 18.5 Å². The highest BCUT2D eigenvalue weighted by atomic mass is 32.2. The van der Waals surface area contributed by atoms with Crippen LogP contribution < -0.4 is 5.14 Å². The van der Waals surface area contributed by atoms with Crippen molar-refractivity contribution in [2.24, 2.45) is 5.14 Å². The summed E-state index contributed by atoms with van der Waals surface area (Å²) >= 11 is 1.12. The summed E-state index contributed by atoms with van der Waals surface area (Å²) in [6.45, 7) is 5.91. The number of rotatable bonds is 1. The van der Waals surface area contributed by atoms with E-state index in [1.807, 2.05) is 20.8 Å². The summed E-state index contributed by atoms with van der Waals surface area (Å²) in [7, 11) is -3.59. The molecule has 1 aromatic heterocycles. The van der Waals surface area contributed by atoms with Gasteiger partial charge in [0.1, 0.15) is 0 Å². The van der Waals surface area contributed by atoms with Crippen LogP contribution in [0, 0.1) is 0 Å². The van der Waals surface area contributed by atoms with Crippen molar-refractivity contribution in [3.05, 3.63) is 11.2 Å². The molecule has 0 aliphatic rings. The molecule has 0 unspecified atom stereocenters. The quantitative estimate of drug-likeness (QED) is 0.770. The standard InChI is InChI=1S/C7H12N2O2S2/c1-7(2,3)6-9-4-5(12-6)13(8,10)11/h4H,1-3H3,(H2,8,10,11). The lowest BCUT2D eigenvalue weighted by molar-refractivity contribution is 0.585. The third kappa shape index (κ3) is 2.49. The van der Waals surface area contributed by atoms with E-state index in [4.69, 9.17) is 5.14 Å². The van der Waals surface area contributed by atoms with Gasteiger partial charge in [-0.2, -0.15) is 0 Å². The lowest BCUT2D eigenvalue weighted by Crippen LogP contribution is -2.11. The summed E-state index contributed by atoms with van der Waals surface area (Å²) in [4.78, 5) is 4.01. The fourth-order valence-corrected chi connectivity index (χ4v) is 2.35. The molecule has 0 atom stereocenters. The molecule has 0 spiro atoms. The van der Waals surface area contributed by atoms with Crippen molar-refractivity contribution in [2.45, 2.75) is 30.4 Å². The van der Waals surface area contributed by atoms with Gasteiger partial charge in [-0.15, -0.1) is 11.3 Å². The van der Waals surface area contributed by atoms with Gasteiger partial charge < -0.3 is 0 Å². The van der Waals surface area contributed by atoms with Crippen molar-refractivity contribution in [3.63, 3.8) is 0 Å². The van der Waals surface area contributed by atoms with Gasteiger partial charge in [-0.05, 0) is 0 Å². The van der Waals surface area contributed by atoms with Gasteiger partial charge in [0.25, 0.3) is 0 Å². The molecule has 0 amide bonds. The lowest BCUT2D eigenvalue weighted by Gasteiger charge is -2.13. The molecular weight excluding hydrogens is 208 g/mol. The normalized spacial score (nSPS) is 13.2. The Hall–Kier alpha value is -0.460. The number of aromatic nitrogens is 1. The van der Waals surface area contributed by atoms with E-state index in [0.29, 0.717) is 0 Å². The third-order valence-corrected chi connectivity index (χ3v) is 4.24. The van der Waals surface area contributed by atoms with E-state index in [2.05, 4.69) is 4.98 Å². The van der Waals surface area contributed by atoms with Crippen molar-refractivity contribution in [1.82, 2.24) is 4.98 Å². The second-order valence-electron chi connectivity index (χ2n) is 3.78. The number of primary sulfonamides is 1. The Bertz CT molecular complexity index is 400. The zero-order chi connectivity index (χ0) is 10.3. The zero-order valence-corrected chi connectivity index (χ0v) is 9.37. The Morgan fingerprint density at radius 2 is 2.00 bits per heavy atom. The van der Waals surface area contributed by atoms with Crippen LogP contribution in [0.25, 0.3) is 0 Å². The Balaban J connectivity index is 3.16. The molecule has 2 N–H and O–H groups in total. The van der Waals surface area contributed by atoms with Crippen LogP contribution in [-0.4, -0.2) is 13.4 Å². The first kappa shape index (κ1) is 10.6. The van der Waals surface area contributed by atoms with E-state index in [1.165, 1.54) is 6.20 Å². The summed E-state index contributed by atoms with van der Waals surface area (Å²) in [5, 5.41) is 5.73. The average molecular weight is 220 g/mol. The van der Waals surface area contributed by atoms with Gasteiger partial charge in [0.05, 0.1) is 11.2 Å². The van der Waals surface area contributed by atoms with Crippen LogP contribution in [0.5, 0.6) is 0 Å². The average Bonchev–Trinajstić information content (AvgIpc) is 2.28. The second kappa shape index (κ2) is 3.04. The van der Waals surface area contributed by atoms with Gasteiger partial charge in [-0.3, -0.25) is 0 Å². The maximum atomic E-state index is 10.9. The Morgan fingerprint density at radius 3 is 2.23 bits per heavy atom. The van der Waals surface area contributed by atoms with Crippen molar-refractivity contribution >= 4 is 21.4 Å². The first-order valence-electron chi connectivity index (χ1n) is 3.70. The summed E-state index contributed by atoms with van der Waals surface area (Å²) < 4.78 is 22.0. The second-order valence-corrected chi connectivity index (χ2v) is 6.60. The first-order valence-corrected chi connectivity index (χ1v) is 6.06. The van der Waals surface area contributed by atoms with E-state index in [9.17, 15) is 8.42 Å². The maximum absolute atomic E-state index is 10.9. The zero-order valence-electron chi connectivity index (χ0n) is 7.73. The SMILES string of the molecule is CC(C)(C)c1ncc(S(N)(=O)=O)s1. The van der Waals surface area contributed by atoms with Crippen molar-refractivity contribution in [2.75, 3.05) is 0 Å². The van der Waals surface area contributed by atoms with Crippen LogP contribution in [-0.2, 0) is 15.4 Å². The van der Waals surface area contributed by atoms with Gasteiger partial charge in [-0.1, -0.05) is 20.8 Å². The Morgan fingerprint density at radius 1 is 1.46 bits per heavy atom. The topological polar surface area (TPSA) is 73.0 Å². The van der Waals surface area contributed by atoms with Crippen LogP contribution in [0.2, 0.25) is 0 Å². The molecule has 6 heteroatoms. The fraction of sp³-hybridized carbons (Fsp3) is 0.571. The molecule has 0 aliphatic carbocycles. The van der Waals surface area contributed by atoms with E-state index in [0.717, 1.165) is 16.3 Å². The van der Waals surface area contributed by atoms with E-state index >= 15 is 0 Å². The smallest absolute Gasteiger partial charge is 0.248 e. The van der Waals surface area contributed by atoms with E-state index in [-0.39, 0.29) is 9.62 Å². The predicted octanol–water partition coefficient (Wildman–Crippen LogP) is 1.09. The van der Waals surface area contributed by atoms with Crippen LogP contribution in [0.3, 0.4) is 0 Å². The first-order chi connectivity index (χ1) is 5.71. The van der Waals surface area contributed by atoms with Crippen molar-refractivity contribution < 1.29 is 8.42 Å². The third-order valence-electron chi connectivity index (χ3n) is 1.41. The number of hydrogen-bond acceptors (Lipinski definition) is 4. The molecule has 1 aromatic rings. The minimum Gasteiger partial charge on any atom is -0.248 e. The summed E-state index contributed by atoms with van der Waals surface area (Å²) in [5.74, 6) is 0. The van der Waals surface area contributed by atoms with E-state index in [1.54, 1.807) is 0 Å². The summed E-state index contributed by atoms with van der Waals surface area (Å²) in [5.41, 5.74) is -0.131. The van der Waals surface area contributed by atoms with Gasteiger partial charge in [0.15, 0.2) is 4.21 Å². The highest BCUT2D eigenvalue weighted by Crippen LogP contribution is 2.28. The number of sulfonamides is 1. The Kier molecular flexibility index (Phi) is 2.48. The molecule has 1 heterocycles. The molecular formula is C7H12N2O2S2. The molecule has 13 heavy (non-hydrogen) atoms. The molecule has 1 rings (SSSR count). The fourth-order valence-electron chi connectivity index (χ4n) is 0.738. The van der Waals surface area contributed by atoms with Gasteiger partial charge >= 0.3 is 0 Å². The molecule has 0 aliphatic heterocycles. The number of hydrogen-bond donors (Lipinski definition) is 1. The molecule has 0 fully saturated rings. The molecule has 0 aromatic carbocycles. The molecule has 0 bridgehead atoms. The minimum atomic E-state index is -3.59. The van der Waals surface area contributed by atoms with Crippen LogP contribution in [0.15, 0.2) is 10.4 Å². The van der Waals surface area contributed by atoms with Crippen LogP contribution >= 0.6 is 11.3 Å². The van der Waals surface area contributed by atoms with Crippen molar-refractivity contribution in [3.8, 4) is 0 Å². The highest BCUT2D eigenvalue weighted by molar-refractivity contribution is 7.91. The molecule has 74 valence electrons. The monoisotopic (exact) mass is 220 g/mol. The minimum absolute atomic E-state index is 0.123. The molecule has 0 saturated heterocycles. The molecule has 0 radical (unpaired) electrons. The largest absolute Gasteiger partial charge is 0.249 e. The van der Waals surface area contributed by atoms with Crippen LogP contribution in [0.4, 0.5) is 0 Å². The number of nitrogens with two attached hydrogens (primary N) is 1. The van der Waals surface area contributed by atoms with Gasteiger partial charge in [0, 0.05) is 5.41 Å². The predicted molar refractivity (Wildman–Crippen MR) is 52.2 cm³/mol. The Labute approximate surface area is 81.9 Å². The van der Waals surface area contributed by atoms with Crippen molar-refractivity contribution in [1.29, 1.82) is 0 Å². The molecule has 4 nitrogen and oxygen atoms in total. The van der Waals surface area contributed by atoms with Crippen LogP contribution in [0.1, 0.15) is 25.8 Å². The number of nitrogens with zero attached hydrogens (tertiary/aromatic N) is 1. The maximum Gasteiger partial charge on any atom is 0.249 e. The summed E-state index contributed by atoms with van der Waals surface area (Å²) in [6.07, 6.45) is 1.31. The lowest BCUT2D eigenvalue weighted by atomic mass is 9.98.